The van der Waals surface area contributed by atoms with Crippen LogP contribution in [0, 0.1) is 22.7 Å². The number of aliphatic hydroxyl groups is 2. The topological polar surface area (TPSA) is 241 Å². The van der Waals surface area contributed by atoms with Crippen LogP contribution in [-0.2, 0) is 34.4 Å². The highest BCUT2D eigenvalue weighted by Crippen LogP contribution is 2.68. The molecule has 0 radical (unpaired) electrons. The molecule has 5 rings (SSSR count). The van der Waals surface area contributed by atoms with Crippen molar-refractivity contribution in [1.29, 1.82) is 10.5 Å². The molecule has 2 aliphatic rings. The van der Waals surface area contributed by atoms with Gasteiger partial charge in [-0.15, -0.1) is 0 Å². The highest BCUT2D eigenvalue weighted by molar-refractivity contribution is 7.47. The van der Waals surface area contributed by atoms with Gasteiger partial charge in [-0.1, -0.05) is 103 Å². The summed E-state index contributed by atoms with van der Waals surface area (Å²) in [5.74, 6) is 0.169. The summed E-state index contributed by atoms with van der Waals surface area (Å²) in [6, 6.07) is 8.61. The van der Waals surface area contributed by atoms with Crippen LogP contribution in [-0.4, -0.2) is 84.0 Å². The van der Waals surface area contributed by atoms with Crippen LogP contribution in [0.15, 0.2) is 36.9 Å². The van der Waals surface area contributed by atoms with Gasteiger partial charge in [-0.25, -0.2) is 14.1 Å². The average Bonchev–Trinajstić information content (AvgIpc) is 3.44. The third-order valence-corrected chi connectivity index (χ3v) is 11.8. The van der Waals surface area contributed by atoms with Crippen LogP contribution >= 0.6 is 7.82 Å². The first-order valence-electron chi connectivity index (χ1n) is 20.4. The van der Waals surface area contributed by atoms with E-state index in [2.05, 4.69) is 22.0 Å². The highest BCUT2D eigenvalue weighted by atomic mass is 31.2. The van der Waals surface area contributed by atoms with Crippen LogP contribution in [0.4, 0.5) is 5.82 Å². The van der Waals surface area contributed by atoms with Crippen molar-refractivity contribution in [3.63, 3.8) is 0 Å². The zero-order chi connectivity index (χ0) is 40.7. The van der Waals surface area contributed by atoms with Gasteiger partial charge in [0.25, 0.3) is 0 Å². The molecule has 5 N–H and O–H groups in total. The lowest BCUT2D eigenvalue weighted by atomic mass is 10.0. The van der Waals surface area contributed by atoms with Crippen LogP contribution in [0.25, 0.3) is 5.52 Å². The number of pyridine rings is 1. The van der Waals surface area contributed by atoms with E-state index in [0.717, 1.165) is 19.3 Å². The molecule has 1 aliphatic heterocycles. The SMILES string of the molecule is CCCCCCCCCCCCCCCCCCOC[C@H](COP(=O)(O)OC1[C@@]2(C#N)O[C@@H](c3ccc4c(N)ncnn34)[C@H](O)[C@@]12O)OCc1cncc(C#N)c1. The zero-order valence-electron chi connectivity index (χ0n) is 32.9. The lowest BCUT2D eigenvalue weighted by molar-refractivity contribution is -0.0795. The lowest BCUT2D eigenvalue weighted by Crippen LogP contribution is -2.35. The van der Waals surface area contributed by atoms with E-state index in [1.165, 1.54) is 101 Å². The molecule has 0 amide bonds. The Labute approximate surface area is 334 Å². The minimum atomic E-state index is -4.97. The van der Waals surface area contributed by atoms with Crippen LogP contribution in [0.3, 0.4) is 0 Å². The molecular formula is C40H58N7O9P. The van der Waals surface area contributed by atoms with Crippen molar-refractivity contribution in [3.8, 4) is 12.1 Å². The van der Waals surface area contributed by atoms with Gasteiger partial charge < -0.3 is 35.1 Å². The molecule has 57 heavy (non-hydrogen) atoms. The predicted molar refractivity (Wildman–Crippen MR) is 209 cm³/mol. The molecule has 2 unspecified atom stereocenters. The van der Waals surface area contributed by atoms with E-state index in [0.29, 0.717) is 23.3 Å². The Bertz CT molecular complexity index is 1850. The van der Waals surface area contributed by atoms with E-state index in [4.69, 9.17) is 29.0 Å². The number of aromatic nitrogens is 4. The minimum Gasteiger partial charge on any atom is -0.387 e. The second kappa shape index (κ2) is 21.5. The molecule has 0 bridgehead atoms. The minimum absolute atomic E-state index is 0.0157. The number of aliphatic hydroxyl groups excluding tert-OH is 1. The van der Waals surface area contributed by atoms with Gasteiger partial charge in [0.05, 0.1) is 31.1 Å². The summed E-state index contributed by atoms with van der Waals surface area (Å²) < 4.78 is 42.8. The van der Waals surface area contributed by atoms with Gasteiger partial charge in [-0.05, 0) is 30.2 Å². The molecular weight excluding hydrogens is 753 g/mol. The maximum Gasteiger partial charge on any atom is 0.472 e. The van der Waals surface area contributed by atoms with Gasteiger partial charge in [0, 0.05) is 19.0 Å². The smallest absolute Gasteiger partial charge is 0.387 e. The van der Waals surface area contributed by atoms with E-state index in [1.54, 1.807) is 24.4 Å². The fraction of sp³-hybridized carbons (Fsp3) is 0.675. The summed E-state index contributed by atoms with van der Waals surface area (Å²) >= 11 is 0. The number of nitrogen functional groups attached to an aromatic ring is 1. The van der Waals surface area contributed by atoms with E-state index < -0.39 is 50.0 Å². The van der Waals surface area contributed by atoms with Crippen molar-refractivity contribution in [2.75, 3.05) is 25.6 Å². The second-order valence-corrected chi connectivity index (χ2v) is 16.5. The number of hydrogen-bond donors (Lipinski definition) is 4. The number of anilines is 1. The summed E-state index contributed by atoms with van der Waals surface area (Å²) in [5, 5.41) is 46.0. The van der Waals surface area contributed by atoms with Crippen LogP contribution in [0.2, 0.25) is 0 Å². The summed E-state index contributed by atoms with van der Waals surface area (Å²) in [7, 11) is -4.97. The molecule has 1 aliphatic carbocycles. The van der Waals surface area contributed by atoms with E-state index in [1.807, 2.05) is 12.1 Å². The number of nitriles is 2. The van der Waals surface area contributed by atoms with Gasteiger partial charge in [0.2, 0.25) is 5.60 Å². The first-order chi connectivity index (χ1) is 27.6. The Morgan fingerprint density at radius 2 is 1.63 bits per heavy atom. The first kappa shape index (κ1) is 44.6. The van der Waals surface area contributed by atoms with Gasteiger partial charge in [0.1, 0.15) is 42.3 Å². The van der Waals surface area contributed by atoms with Gasteiger partial charge >= 0.3 is 7.82 Å². The molecule has 312 valence electrons. The van der Waals surface area contributed by atoms with Crippen molar-refractivity contribution in [2.24, 2.45) is 0 Å². The normalized spacial score (nSPS) is 24.1. The standard InChI is InChI=1S/C40H58N7O9P/c1-2-3-4-5-6-7-8-9-10-11-12-13-14-15-16-17-20-52-26-32(53-25-31-21-30(22-41)23-44-24-31)27-54-57(50,51)56-38-39(28-42)40(38,49)36(48)35(55-39)33-18-19-34-37(43)45-29-46-47(33)34/h18-19,21,23-24,29,32,35-36,38,48-49H,2-17,20,25-27H2,1H3,(H,50,51)(H2,43,45,46)/t32-,35+,36+,38?,39-,40-/m1/s1. The molecule has 1 saturated heterocycles. The molecule has 1 saturated carbocycles. The molecule has 17 heteroatoms. The van der Waals surface area contributed by atoms with Crippen molar-refractivity contribution in [2.45, 2.75) is 152 Å². The van der Waals surface area contributed by atoms with E-state index >= 15 is 0 Å². The van der Waals surface area contributed by atoms with Crippen molar-refractivity contribution in [1.82, 2.24) is 19.6 Å². The first-order valence-corrected chi connectivity index (χ1v) is 21.9. The predicted octanol–water partition coefficient (Wildman–Crippen LogP) is 6.38. The molecule has 0 aromatic carbocycles. The van der Waals surface area contributed by atoms with Crippen molar-refractivity contribution in [3.05, 3.63) is 53.7 Å². The van der Waals surface area contributed by atoms with E-state index in [-0.39, 0.29) is 24.7 Å². The monoisotopic (exact) mass is 811 g/mol. The number of rotatable bonds is 28. The molecule has 4 heterocycles. The quantitative estimate of drug-likeness (QED) is 0.0459. The fourth-order valence-electron chi connectivity index (χ4n) is 7.48. The number of ether oxygens (including phenoxy) is 3. The number of phosphoric acid groups is 1. The van der Waals surface area contributed by atoms with Gasteiger partial charge in [0.15, 0.2) is 17.5 Å². The molecule has 0 spiro atoms. The van der Waals surface area contributed by atoms with Crippen molar-refractivity contribution >= 4 is 19.2 Å². The van der Waals surface area contributed by atoms with Gasteiger partial charge in [-0.2, -0.15) is 15.6 Å². The Morgan fingerprint density at radius 1 is 0.982 bits per heavy atom. The summed E-state index contributed by atoms with van der Waals surface area (Å²) in [6.45, 7) is 2.31. The molecule has 3 aromatic heterocycles. The second-order valence-electron chi connectivity index (χ2n) is 15.1. The van der Waals surface area contributed by atoms with Crippen LogP contribution in [0.5, 0.6) is 0 Å². The zero-order valence-corrected chi connectivity index (χ0v) is 33.8. The number of hydrogen-bond acceptors (Lipinski definition) is 14. The Kier molecular flexibility index (Phi) is 16.8. The van der Waals surface area contributed by atoms with Gasteiger partial charge in [-0.3, -0.25) is 14.0 Å². The Balaban J connectivity index is 1.04. The number of phosphoric ester groups is 1. The number of nitrogens with zero attached hydrogens (tertiary/aromatic N) is 6. The van der Waals surface area contributed by atoms with E-state index in [9.17, 15) is 30.2 Å². The van der Waals surface area contributed by atoms with Crippen molar-refractivity contribution < 1.29 is 42.9 Å². The fourth-order valence-corrected chi connectivity index (χ4v) is 8.47. The highest BCUT2D eigenvalue weighted by Gasteiger charge is 2.90. The molecule has 2 fully saturated rings. The summed E-state index contributed by atoms with van der Waals surface area (Å²) in [4.78, 5) is 18.7. The third-order valence-electron chi connectivity index (χ3n) is 10.8. The lowest BCUT2D eigenvalue weighted by Gasteiger charge is -2.24. The maximum absolute atomic E-state index is 13.2. The maximum atomic E-state index is 13.2. The Hall–Kier alpha value is -3.54. The number of unbranched alkanes of at least 4 members (excludes halogenated alkanes) is 15. The third kappa shape index (κ3) is 11.4. The number of fused-ring (bicyclic) bond motifs is 2. The summed E-state index contributed by atoms with van der Waals surface area (Å²) in [5.41, 5.74) is 3.03. The largest absolute Gasteiger partial charge is 0.472 e. The molecule has 7 atom stereocenters. The van der Waals surface area contributed by atoms with Crippen LogP contribution < -0.4 is 5.73 Å². The Morgan fingerprint density at radius 3 is 2.25 bits per heavy atom. The number of nitrogens with two attached hydrogens (primary N) is 1. The summed E-state index contributed by atoms with van der Waals surface area (Å²) in [6.07, 6.45) is 18.9. The molecule has 3 aromatic rings. The molecule has 16 nitrogen and oxygen atoms in total. The van der Waals surface area contributed by atoms with Crippen LogP contribution in [0.1, 0.15) is 133 Å². The average molecular weight is 812 g/mol.